The summed E-state index contributed by atoms with van der Waals surface area (Å²) in [5, 5.41) is 7.52. The van der Waals surface area contributed by atoms with E-state index in [0.717, 1.165) is 43.7 Å². The molecule has 0 saturated carbocycles. The Balaban J connectivity index is 1.35. The van der Waals surface area contributed by atoms with Crippen LogP contribution in [0.4, 0.5) is 0 Å². The molecule has 2 aromatic carbocycles. The SMILES string of the molecule is Cc1cnn(-c2ccc(C(=O)NC3CCCN(Cc4ccccc4)C3)cc2)c1. The molecular formula is C23H26N4O. The number of piperidine rings is 1. The third-order valence-corrected chi connectivity index (χ3v) is 5.20. The second-order valence-electron chi connectivity index (χ2n) is 7.54. The lowest BCUT2D eigenvalue weighted by molar-refractivity contribution is 0.0901. The van der Waals surface area contributed by atoms with Crippen molar-refractivity contribution in [1.82, 2.24) is 20.0 Å². The van der Waals surface area contributed by atoms with E-state index in [1.807, 2.05) is 54.3 Å². The minimum Gasteiger partial charge on any atom is -0.348 e. The molecule has 5 heteroatoms. The van der Waals surface area contributed by atoms with E-state index in [0.29, 0.717) is 5.56 Å². The zero-order valence-corrected chi connectivity index (χ0v) is 16.2. The zero-order chi connectivity index (χ0) is 19.3. The van der Waals surface area contributed by atoms with E-state index in [2.05, 4.69) is 39.6 Å². The van der Waals surface area contributed by atoms with Gasteiger partial charge in [0.15, 0.2) is 0 Å². The van der Waals surface area contributed by atoms with Crippen molar-refractivity contribution in [2.45, 2.75) is 32.4 Å². The maximum atomic E-state index is 12.7. The molecule has 1 aliphatic rings. The van der Waals surface area contributed by atoms with Gasteiger partial charge in [0.2, 0.25) is 0 Å². The number of carbonyl (C=O) groups is 1. The number of nitrogens with zero attached hydrogens (tertiary/aromatic N) is 3. The van der Waals surface area contributed by atoms with Gasteiger partial charge in [0.05, 0.1) is 11.9 Å². The Morgan fingerprint density at radius 2 is 1.93 bits per heavy atom. The normalized spacial score (nSPS) is 17.4. The first kappa shape index (κ1) is 18.4. The van der Waals surface area contributed by atoms with Gasteiger partial charge in [-0.05, 0) is 61.7 Å². The van der Waals surface area contributed by atoms with Crippen LogP contribution in [0, 0.1) is 6.92 Å². The highest BCUT2D eigenvalue weighted by molar-refractivity contribution is 5.94. The lowest BCUT2D eigenvalue weighted by atomic mass is 10.0. The van der Waals surface area contributed by atoms with E-state index < -0.39 is 0 Å². The number of carbonyl (C=O) groups excluding carboxylic acids is 1. The van der Waals surface area contributed by atoms with Crippen molar-refractivity contribution < 1.29 is 4.79 Å². The van der Waals surface area contributed by atoms with Gasteiger partial charge in [-0.3, -0.25) is 9.69 Å². The van der Waals surface area contributed by atoms with Gasteiger partial charge >= 0.3 is 0 Å². The molecule has 1 unspecified atom stereocenters. The quantitative estimate of drug-likeness (QED) is 0.743. The average Bonchev–Trinajstić information content (AvgIpc) is 3.15. The van der Waals surface area contributed by atoms with Gasteiger partial charge in [0.25, 0.3) is 5.91 Å². The van der Waals surface area contributed by atoms with Gasteiger partial charge in [0.1, 0.15) is 0 Å². The Labute approximate surface area is 166 Å². The molecule has 0 radical (unpaired) electrons. The third-order valence-electron chi connectivity index (χ3n) is 5.20. The van der Waals surface area contributed by atoms with Gasteiger partial charge in [-0.2, -0.15) is 5.10 Å². The van der Waals surface area contributed by atoms with Crippen molar-refractivity contribution in [3.63, 3.8) is 0 Å². The summed E-state index contributed by atoms with van der Waals surface area (Å²) < 4.78 is 1.82. The first-order chi connectivity index (χ1) is 13.7. The summed E-state index contributed by atoms with van der Waals surface area (Å²) in [7, 11) is 0. The van der Waals surface area contributed by atoms with Crippen LogP contribution in [-0.2, 0) is 6.54 Å². The molecule has 5 nitrogen and oxygen atoms in total. The van der Waals surface area contributed by atoms with E-state index in [1.165, 1.54) is 5.56 Å². The van der Waals surface area contributed by atoms with Crippen LogP contribution in [0.3, 0.4) is 0 Å². The third kappa shape index (κ3) is 4.49. The highest BCUT2D eigenvalue weighted by Crippen LogP contribution is 2.15. The van der Waals surface area contributed by atoms with Crippen molar-refractivity contribution in [3.8, 4) is 5.69 Å². The molecule has 1 aromatic heterocycles. The Morgan fingerprint density at radius 3 is 2.64 bits per heavy atom. The van der Waals surface area contributed by atoms with E-state index in [1.54, 1.807) is 0 Å². The number of nitrogens with one attached hydrogen (secondary N) is 1. The van der Waals surface area contributed by atoms with Crippen LogP contribution >= 0.6 is 0 Å². The first-order valence-electron chi connectivity index (χ1n) is 9.86. The maximum Gasteiger partial charge on any atom is 0.251 e. The number of benzene rings is 2. The highest BCUT2D eigenvalue weighted by Gasteiger charge is 2.22. The second kappa shape index (κ2) is 8.40. The van der Waals surface area contributed by atoms with Crippen molar-refractivity contribution in [2.24, 2.45) is 0 Å². The summed E-state index contributed by atoms with van der Waals surface area (Å²) in [4.78, 5) is 15.1. The first-order valence-corrected chi connectivity index (χ1v) is 9.86. The van der Waals surface area contributed by atoms with Gasteiger partial charge in [-0.25, -0.2) is 4.68 Å². The highest BCUT2D eigenvalue weighted by atomic mass is 16.1. The van der Waals surface area contributed by atoms with Gasteiger partial charge < -0.3 is 5.32 Å². The maximum absolute atomic E-state index is 12.7. The van der Waals surface area contributed by atoms with Crippen LogP contribution in [0.25, 0.3) is 5.69 Å². The number of hydrogen-bond acceptors (Lipinski definition) is 3. The largest absolute Gasteiger partial charge is 0.348 e. The standard InChI is InChI=1S/C23H26N4O/c1-18-14-24-27(15-18)22-11-9-20(10-12-22)23(28)25-21-8-5-13-26(17-21)16-19-6-3-2-4-7-19/h2-4,6-7,9-12,14-15,21H,5,8,13,16-17H2,1H3,(H,25,28). The molecular weight excluding hydrogens is 348 g/mol. The van der Waals surface area contributed by atoms with Gasteiger partial charge in [-0.15, -0.1) is 0 Å². The van der Waals surface area contributed by atoms with Gasteiger partial charge in [0, 0.05) is 30.9 Å². The number of amides is 1. The Hall–Kier alpha value is -2.92. The minimum absolute atomic E-state index is 0.00485. The molecule has 4 rings (SSSR count). The number of rotatable bonds is 5. The number of aromatic nitrogens is 2. The average molecular weight is 374 g/mol. The molecule has 0 bridgehead atoms. The van der Waals surface area contributed by atoms with Crippen molar-refractivity contribution in [3.05, 3.63) is 83.7 Å². The lowest BCUT2D eigenvalue weighted by Crippen LogP contribution is -2.47. The minimum atomic E-state index is -0.00485. The lowest BCUT2D eigenvalue weighted by Gasteiger charge is -2.33. The molecule has 1 amide bonds. The number of likely N-dealkylation sites (tertiary alicyclic amines) is 1. The van der Waals surface area contributed by atoms with E-state index in [9.17, 15) is 4.79 Å². The second-order valence-corrected chi connectivity index (χ2v) is 7.54. The molecule has 28 heavy (non-hydrogen) atoms. The van der Waals surface area contributed by atoms with Crippen molar-refractivity contribution in [2.75, 3.05) is 13.1 Å². The van der Waals surface area contributed by atoms with Crippen molar-refractivity contribution >= 4 is 5.91 Å². The summed E-state index contributed by atoms with van der Waals surface area (Å²) in [6.45, 7) is 4.92. The monoisotopic (exact) mass is 374 g/mol. The van der Waals surface area contributed by atoms with Crippen LogP contribution in [0.2, 0.25) is 0 Å². The van der Waals surface area contributed by atoms with Crippen molar-refractivity contribution in [1.29, 1.82) is 0 Å². The van der Waals surface area contributed by atoms with E-state index >= 15 is 0 Å². The molecule has 1 atom stereocenters. The Kier molecular flexibility index (Phi) is 5.53. The van der Waals surface area contributed by atoms with Crippen LogP contribution < -0.4 is 5.32 Å². The van der Waals surface area contributed by atoms with Crippen LogP contribution in [0.15, 0.2) is 67.0 Å². The topological polar surface area (TPSA) is 50.2 Å². The fourth-order valence-corrected chi connectivity index (χ4v) is 3.75. The number of hydrogen-bond donors (Lipinski definition) is 1. The predicted octanol–water partition coefficient (Wildman–Crippen LogP) is 3.58. The van der Waals surface area contributed by atoms with E-state index in [-0.39, 0.29) is 11.9 Å². The van der Waals surface area contributed by atoms with Gasteiger partial charge in [-0.1, -0.05) is 30.3 Å². The molecule has 0 spiro atoms. The fourth-order valence-electron chi connectivity index (χ4n) is 3.75. The molecule has 1 N–H and O–H groups in total. The fraction of sp³-hybridized carbons (Fsp3) is 0.304. The molecule has 1 fully saturated rings. The molecule has 1 saturated heterocycles. The van der Waals surface area contributed by atoms with Crippen LogP contribution in [-0.4, -0.2) is 39.7 Å². The summed E-state index contributed by atoms with van der Waals surface area (Å²) in [6, 6.07) is 18.3. The zero-order valence-electron chi connectivity index (χ0n) is 16.2. The molecule has 0 aliphatic carbocycles. The smallest absolute Gasteiger partial charge is 0.251 e. The molecule has 1 aliphatic heterocycles. The van der Waals surface area contributed by atoms with E-state index in [4.69, 9.17) is 0 Å². The Morgan fingerprint density at radius 1 is 1.14 bits per heavy atom. The van der Waals surface area contributed by atoms with Crippen LogP contribution in [0.1, 0.15) is 34.3 Å². The summed E-state index contributed by atoms with van der Waals surface area (Å²) >= 11 is 0. The molecule has 3 aromatic rings. The summed E-state index contributed by atoms with van der Waals surface area (Å²) in [5.41, 5.74) is 4.07. The summed E-state index contributed by atoms with van der Waals surface area (Å²) in [6.07, 6.45) is 5.93. The number of aryl methyl sites for hydroxylation is 1. The predicted molar refractivity (Wildman–Crippen MR) is 111 cm³/mol. The Bertz CT molecular complexity index is 917. The van der Waals surface area contributed by atoms with Crippen LogP contribution in [0.5, 0.6) is 0 Å². The summed E-state index contributed by atoms with van der Waals surface area (Å²) in [5.74, 6) is -0.00485. The molecule has 2 heterocycles. The molecule has 144 valence electrons.